The zero-order valence-electron chi connectivity index (χ0n) is 19.9. The lowest BCUT2D eigenvalue weighted by molar-refractivity contribution is -0.142. The van der Waals surface area contributed by atoms with Crippen molar-refractivity contribution in [2.45, 2.75) is 31.3 Å². The van der Waals surface area contributed by atoms with E-state index in [1.165, 1.54) is 4.90 Å². The van der Waals surface area contributed by atoms with Gasteiger partial charge in [0.2, 0.25) is 17.7 Å². The average Bonchev–Trinajstić information content (AvgIpc) is 3.44. The van der Waals surface area contributed by atoms with Gasteiger partial charge in [-0.3, -0.25) is 24.6 Å². The van der Waals surface area contributed by atoms with Crippen LogP contribution in [0.3, 0.4) is 0 Å². The van der Waals surface area contributed by atoms with Crippen LogP contribution >= 0.6 is 0 Å². The van der Waals surface area contributed by atoms with Gasteiger partial charge in [-0.15, -0.1) is 0 Å². The van der Waals surface area contributed by atoms with E-state index in [9.17, 15) is 19.5 Å². The highest BCUT2D eigenvalue weighted by molar-refractivity contribution is 6.15. The van der Waals surface area contributed by atoms with Crippen molar-refractivity contribution < 1.29 is 19.5 Å². The van der Waals surface area contributed by atoms with Gasteiger partial charge in [-0.1, -0.05) is 60.2 Å². The van der Waals surface area contributed by atoms with E-state index in [2.05, 4.69) is 10.6 Å². The fourth-order valence-corrected chi connectivity index (χ4v) is 6.14. The van der Waals surface area contributed by atoms with Gasteiger partial charge >= 0.3 is 0 Å². The molecule has 3 N–H and O–H groups in total. The molecule has 3 heterocycles. The van der Waals surface area contributed by atoms with Gasteiger partial charge in [0.05, 0.1) is 11.8 Å². The van der Waals surface area contributed by atoms with Gasteiger partial charge < -0.3 is 10.4 Å². The Morgan fingerprint density at radius 3 is 2.42 bits per heavy atom. The van der Waals surface area contributed by atoms with Gasteiger partial charge in [0.15, 0.2) is 0 Å². The first-order valence-electron chi connectivity index (χ1n) is 12.3. The Kier molecular flexibility index (Phi) is 5.19. The summed E-state index contributed by atoms with van der Waals surface area (Å²) in [4.78, 5) is 42.7. The zero-order chi connectivity index (χ0) is 25.0. The number of nitrogens with zero attached hydrogens (tertiary/aromatic N) is 1. The molecule has 6 rings (SSSR count). The molecule has 7 heteroatoms. The molecule has 0 aromatic heterocycles. The third-order valence-electron chi connectivity index (χ3n) is 7.82. The number of carbonyl (C=O) groups excluding carboxylic acids is 3. The number of fused-ring (bicyclic) bond motifs is 4. The van der Waals surface area contributed by atoms with Crippen molar-refractivity contribution in [3.63, 3.8) is 0 Å². The minimum absolute atomic E-state index is 0.159. The Balaban J connectivity index is 1.40. The van der Waals surface area contributed by atoms with Crippen LogP contribution in [0.15, 0.2) is 72.8 Å². The van der Waals surface area contributed by atoms with E-state index in [4.69, 9.17) is 0 Å². The fraction of sp³-hybridized carbons (Fsp3) is 0.276. The van der Waals surface area contributed by atoms with E-state index in [-0.39, 0.29) is 30.0 Å². The molecule has 2 saturated heterocycles. The molecular weight excluding hydrogens is 454 g/mol. The zero-order valence-corrected chi connectivity index (χ0v) is 19.9. The predicted molar refractivity (Wildman–Crippen MR) is 134 cm³/mol. The van der Waals surface area contributed by atoms with Gasteiger partial charge in [0.1, 0.15) is 11.3 Å². The third-order valence-corrected chi connectivity index (χ3v) is 7.82. The molecule has 3 amide bonds. The van der Waals surface area contributed by atoms with Gasteiger partial charge in [0, 0.05) is 23.8 Å². The van der Waals surface area contributed by atoms with Crippen LogP contribution < -0.4 is 10.6 Å². The van der Waals surface area contributed by atoms with Crippen LogP contribution in [-0.2, 0) is 32.8 Å². The molecule has 0 aliphatic carbocycles. The molecule has 3 aromatic rings. The van der Waals surface area contributed by atoms with Crippen molar-refractivity contribution in [2.24, 2.45) is 11.8 Å². The molecule has 36 heavy (non-hydrogen) atoms. The Bertz CT molecular complexity index is 1370. The number of hydrogen-bond donors (Lipinski definition) is 3. The molecule has 1 spiro atoms. The summed E-state index contributed by atoms with van der Waals surface area (Å²) in [6.45, 7) is 2.23. The van der Waals surface area contributed by atoms with Gasteiger partial charge in [-0.05, 0) is 49.1 Å². The first kappa shape index (κ1) is 22.5. The number of phenols is 1. The number of amides is 3. The van der Waals surface area contributed by atoms with Crippen molar-refractivity contribution in [1.29, 1.82) is 0 Å². The number of aryl methyl sites for hydroxylation is 1. The number of hydrogen-bond acceptors (Lipinski definition) is 5. The quantitative estimate of drug-likeness (QED) is 0.487. The Morgan fingerprint density at radius 1 is 0.917 bits per heavy atom. The second-order valence-corrected chi connectivity index (χ2v) is 10.00. The van der Waals surface area contributed by atoms with Crippen LogP contribution in [0.5, 0.6) is 5.75 Å². The van der Waals surface area contributed by atoms with Crippen molar-refractivity contribution in [3.8, 4) is 5.75 Å². The number of carbonyl (C=O) groups is 3. The predicted octanol–water partition coefficient (Wildman–Crippen LogP) is 2.91. The van der Waals surface area contributed by atoms with E-state index in [1.54, 1.807) is 24.3 Å². The largest absolute Gasteiger partial charge is 0.508 e. The number of imide groups is 1. The number of aromatic hydroxyl groups is 1. The number of benzene rings is 3. The molecule has 3 aliphatic rings. The molecule has 0 unspecified atom stereocenters. The molecule has 7 nitrogen and oxygen atoms in total. The highest BCUT2D eigenvalue weighted by Crippen LogP contribution is 2.53. The van der Waals surface area contributed by atoms with E-state index in [1.807, 2.05) is 55.5 Å². The average molecular weight is 482 g/mol. The Hall–Kier alpha value is -3.97. The van der Waals surface area contributed by atoms with E-state index in [0.717, 1.165) is 22.3 Å². The highest BCUT2D eigenvalue weighted by Gasteiger charge is 2.70. The van der Waals surface area contributed by atoms with Crippen LogP contribution in [0.2, 0.25) is 0 Å². The first-order valence-corrected chi connectivity index (χ1v) is 12.3. The molecule has 0 bridgehead atoms. The van der Waals surface area contributed by atoms with E-state index < -0.39 is 23.4 Å². The van der Waals surface area contributed by atoms with Gasteiger partial charge in [-0.2, -0.15) is 0 Å². The molecule has 0 saturated carbocycles. The molecule has 3 aliphatic heterocycles. The standard InChI is InChI=1S/C29H27N3O4/c1-17-7-12-22-21(15-17)29(28(36)30-22)25-24(23(31-29)16-19-8-10-20(33)11-9-19)26(34)32(27(25)35)14-13-18-5-3-2-4-6-18/h2-12,15,23-25,31,33H,13-14,16H2,1H3,(H,30,36)/t23-,24-,25+,29-/m1/s1. The van der Waals surface area contributed by atoms with Gasteiger partial charge in [-0.25, -0.2) is 0 Å². The summed E-state index contributed by atoms with van der Waals surface area (Å²) in [5.74, 6) is -2.16. The van der Waals surface area contributed by atoms with Crippen LogP contribution in [0.4, 0.5) is 5.69 Å². The van der Waals surface area contributed by atoms with E-state index in [0.29, 0.717) is 18.5 Å². The van der Waals surface area contributed by atoms with Crippen LogP contribution in [0, 0.1) is 18.8 Å². The summed E-state index contributed by atoms with van der Waals surface area (Å²) < 4.78 is 0. The smallest absolute Gasteiger partial charge is 0.250 e. The normalized spacial score (nSPS) is 26.4. The Labute approximate surface area is 209 Å². The molecule has 2 fully saturated rings. The summed E-state index contributed by atoms with van der Waals surface area (Å²) in [6.07, 6.45) is 1.01. The van der Waals surface area contributed by atoms with Crippen molar-refractivity contribution >= 4 is 23.4 Å². The monoisotopic (exact) mass is 481 g/mol. The lowest BCUT2D eigenvalue weighted by Crippen LogP contribution is -2.53. The van der Waals surface area contributed by atoms with Crippen LogP contribution in [-0.4, -0.2) is 40.3 Å². The topological polar surface area (TPSA) is 98.7 Å². The van der Waals surface area contributed by atoms with Crippen molar-refractivity contribution in [3.05, 3.63) is 95.1 Å². The minimum Gasteiger partial charge on any atom is -0.508 e. The van der Waals surface area contributed by atoms with Crippen molar-refractivity contribution in [1.82, 2.24) is 10.2 Å². The summed E-state index contributed by atoms with van der Waals surface area (Å²) in [7, 11) is 0. The number of anilines is 1. The highest BCUT2D eigenvalue weighted by atomic mass is 16.3. The van der Waals surface area contributed by atoms with Crippen LogP contribution in [0.25, 0.3) is 0 Å². The molecular formula is C29H27N3O4. The van der Waals surface area contributed by atoms with Crippen molar-refractivity contribution in [2.75, 3.05) is 11.9 Å². The maximum Gasteiger partial charge on any atom is 0.250 e. The minimum atomic E-state index is -1.30. The number of phenolic OH excluding ortho intramolecular Hbond substituents is 1. The van der Waals surface area contributed by atoms with Crippen LogP contribution in [0.1, 0.15) is 22.3 Å². The second-order valence-electron chi connectivity index (χ2n) is 10.00. The number of rotatable bonds is 5. The third kappa shape index (κ3) is 3.34. The molecule has 182 valence electrons. The number of nitrogens with one attached hydrogen (secondary N) is 2. The van der Waals surface area contributed by atoms with E-state index >= 15 is 0 Å². The second kappa shape index (κ2) is 8.31. The maximum atomic E-state index is 13.9. The summed E-state index contributed by atoms with van der Waals surface area (Å²) in [5, 5.41) is 16.1. The lowest BCUT2D eigenvalue weighted by Gasteiger charge is -2.29. The summed E-state index contributed by atoms with van der Waals surface area (Å²) in [6, 6.07) is 21.9. The number of likely N-dealkylation sites (tertiary alicyclic amines) is 1. The lowest BCUT2D eigenvalue weighted by atomic mass is 9.76. The SMILES string of the molecule is Cc1ccc2c(c1)[C@]1(N[C@H](Cc3ccc(O)cc3)[C@H]3C(=O)N(CCc4ccccc4)C(=O)[C@H]31)C(=O)N2. The molecule has 4 atom stereocenters. The summed E-state index contributed by atoms with van der Waals surface area (Å²) in [5.41, 5.74) is 3.02. The first-order chi connectivity index (χ1) is 17.4. The summed E-state index contributed by atoms with van der Waals surface area (Å²) >= 11 is 0. The van der Waals surface area contributed by atoms with Gasteiger partial charge in [0.25, 0.3) is 0 Å². The maximum absolute atomic E-state index is 13.9. The molecule has 0 radical (unpaired) electrons. The molecule has 3 aromatic carbocycles. The fourth-order valence-electron chi connectivity index (χ4n) is 6.14. The Morgan fingerprint density at radius 2 is 1.67 bits per heavy atom.